The van der Waals surface area contributed by atoms with Crippen LogP contribution >= 0.6 is 0 Å². The SMILES string of the molecule is Cc1cnc(N2CCN(c3ccc(-c4cccnc4)nn3)CC2)nc1. The Morgan fingerprint density at radius 1 is 0.840 bits per heavy atom. The van der Waals surface area contributed by atoms with Crippen LogP contribution in [-0.4, -0.2) is 51.3 Å². The second kappa shape index (κ2) is 6.80. The molecule has 1 saturated heterocycles. The van der Waals surface area contributed by atoms with Crippen molar-refractivity contribution >= 4 is 11.8 Å². The van der Waals surface area contributed by atoms with Gasteiger partial charge in [-0.25, -0.2) is 9.97 Å². The van der Waals surface area contributed by atoms with E-state index in [1.54, 1.807) is 12.4 Å². The minimum Gasteiger partial charge on any atom is -0.352 e. The Bertz CT molecular complexity index is 810. The van der Waals surface area contributed by atoms with E-state index >= 15 is 0 Å². The second-order valence-corrected chi connectivity index (χ2v) is 6.05. The minimum atomic E-state index is 0.795. The fourth-order valence-corrected chi connectivity index (χ4v) is 2.85. The molecule has 1 fully saturated rings. The van der Waals surface area contributed by atoms with Crippen LogP contribution in [0.15, 0.2) is 49.1 Å². The van der Waals surface area contributed by atoms with Crippen LogP contribution in [0.2, 0.25) is 0 Å². The van der Waals surface area contributed by atoms with Gasteiger partial charge >= 0.3 is 0 Å². The lowest BCUT2D eigenvalue weighted by molar-refractivity contribution is 0.631. The first-order chi connectivity index (χ1) is 12.3. The van der Waals surface area contributed by atoms with Crippen LogP contribution in [0.3, 0.4) is 0 Å². The van der Waals surface area contributed by atoms with E-state index in [1.165, 1.54) is 0 Å². The molecule has 0 bridgehead atoms. The number of aromatic nitrogens is 5. The van der Waals surface area contributed by atoms with Crippen molar-refractivity contribution in [2.75, 3.05) is 36.0 Å². The molecule has 0 amide bonds. The van der Waals surface area contributed by atoms with Crippen LogP contribution in [-0.2, 0) is 0 Å². The molecule has 1 aliphatic heterocycles. The zero-order valence-corrected chi connectivity index (χ0v) is 14.1. The van der Waals surface area contributed by atoms with E-state index in [1.807, 2.05) is 43.6 Å². The van der Waals surface area contributed by atoms with Crippen LogP contribution in [0.1, 0.15) is 5.56 Å². The Morgan fingerprint density at radius 2 is 1.60 bits per heavy atom. The molecule has 4 rings (SSSR count). The first-order valence-corrected chi connectivity index (χ1v) is 8.32. The topological polar surface area (TPSA) is 70.9 Å². The van der Waals surface area contributed by atoms with Gasteiger partial charge in [-0.05, 0) is 36.8 Å². The van der Waals surface area contributed by atoms with Crippen molar-refractivity contribution in [3.63, 3.8) is 0 Å². The lowest BCUT2D eigenvalue weighted by Crippen LogP contribution is -2.47. The Kier molecular flexibility index (Phi) is 4.20. The van der Waals surface area contributed by atoms with E-state index in [0.29, 0.717) is 0 Å². The van der Waals surface area contributed by atoms with Gasteiger partial charge in [-0.1, -0.05) is 0 Å². The first-order valence-electron chi connectivity index (χ1n) is 8.32. The third-order valence-electron chi connectivity index (χ3n) is 4.26. The zero-order valence-electron chi connectivity index (χ0n) is 14.1. The van der Waals surface area contributed by atoms with E-state index in [2.05, 4.69) is 34.9 Å². The predicted octanol–water partition coefficient (Wildman–Crippen LogP) is 1.96. The van der Waals surface area contributed by atoms with Gasteiger partial charge in [0.05, 0.1) is 5.69 Å². The number of rotatable bonds is 3. The number of piperazine rings is 1. The van der Waals surface area contributed by atoms with Gasteiger partial charge in [0.1, 0.15) is 0 Å². The standard InChI is InChI=1S/C18H19N7/c1-14-11-20-18(21-12-14)25-9-7-24(8-10-25)17-5-4-16(22-23-17)15-3-2-6-19-13-15/h2-6,11-13H,7-10H2,1H3. The molecule has 0 N–H and O–H groups in total. The molecule has 0 radical (unpaired) electrons. The lowest BCUT2D eigenvalue weighted by atomic mass is 10.2. The van der Waals surface area contributed by atoms with Crippen molar-refractivity contribution < 1.29 is 0 Å². The van der Waals surface area contributed by atoms with Gasteiger partial charge in [-0.2, -0.15) is 0 Å². The van der Waals surface area contributed by atoms with Gasteiger partial charge in [0, 0.05) is 56.5 Å². The monoisotopic (exact) mass is 333 g/mol. The van der Waals surface area contributed by atoms with Crippen molar-refractivity contribution in [1.29, 1.82) is 0 Å². The van der Waals surface area contributed by atoms with Gasteiger partial charge in [-0.3, -0.25) is 4.98 Å². The minimum absolute atomic E-state index is 0.795. The Morgan fingerprint density at radius 3 is 2.24 bits per heavy atom. The number of aryl methyl sites for hydroxylation is 1. The molecule has 7 nitrogen and oxygen atoms in total. The highest BCUT2D eigenvalue weighted by molar-refractivity contribution is 5.58. The van der Waals surface area contributed by atoms with Crippen LogP contribution in [0, 0.1) is 6.92 Å². The highest BCUT2D eigenvalue weighted by Gasteiger charge is 2.20. The van der Waals surface area contributed by atoms with Crippen LogP contribution in [0.25, 0.3) is 11.3 Å². The van der Waals surface area contributed by atoms with E-state index < -0.39 is 0 Å². The molecule has 0 unspecified atom stereocenters. The smallest absolute Gasteiger partial charge is 0.225 e. The largest absolute Gasteiger partial charge is 0.352 e. The highest BCUT2D eigenvalue weighted by Crippen LogP contribution is 2.19. The maximum absolute atomic E-state index is 4.41. The number of anilines is 2. The fourth-order valence-electron chi connectivity index (χ4n) is 2.85. The molecule has 0 spiro atoms. The lowest BCUT2D eigenvalue weighted by Gasteiger charge is -2.35. The second-order valence-electron chi connectivity index (χ2n) is 6.05. The van der Waals surface area contributed by atoms with Gasteiger partial charge in [0.2, 0.25) is 5.95 Å². The summed E-state index contributed by atoms with van der Waals surface area (Å²) >= 11 is 0. The van der Waals surface area contributed by atoms with Gasteiger partial charge in [0.15, 0.2) is 5.82 Å². The van der Waals surface area contributed by atoms with Crippen LogP contribution in [0.4, 0.5) is 11.8 Å². The number of hydrogen-bond donors (Lipinski definition) is 0. The van der Waals surface area contributed by atoms with Crippen LogP contribution < -0.4 is 9.80 Å². The van der Waals surface area contributed by atoms with Gasteiger partial charge in [0.25, 0.3) is 0 Å². The Labute approximate surface area is 146 Å². The number of pyridine rings is 1. The zero-order chi connectivity index (χ0) is 17.1. The average Bonchev–Trinajstić information content (AvgIpc) is 2.70. The average molecular weight is 333 g/mol. The Hall–Kier alpha value is -3.09. The molecule has 3 aromatic rings. The number of nitrogens with zero attached hydrogens (tertiary/aromatic N) is 7. The molecule has 7 heteroatoms. The summed E-state index contributed by atoms with van der Waals surface area (Å²) in [5.41, 5.74) is 2.89. The summed E-state index contributed by atoms with van der Waals surface area (Å²) in [6, 6.07) is 7.90. The maximum atomic E-state index is 4.41. The third kappa shape index (κ3) is 3.40. The molecule has 3 aromatic heterocycles. The van der Waals surface area contributed by atoms with E-state index in [-0.39, 0.29) is 0 Å². The molecule has 0 saturated carbocycles. The molecular formula is C18H19N7. The van der Waals surface area contributed by atoms with Gasteiger partial charge < -0.3 is 9.80 Å². The molecule has 0 aromatic carbocycles. The molecule has 4 heterocycles. The highest BCUT2D eigenvalue weighted by atomic mass is 15.3. The quantitative estimate of drug-likeness (QED) is 0.725. The van der Waals surface area contributed by atoms with E-state index in [4.69, 9.17) is 0 Å². The van der Waals surface area contributed by atoms with E-state index in [0.717, 1.165) is 54.8 Å². The Balaban J connectivity index is 1.41. The molecule has 126 valence electrons. The maximum Gasteiger partial charge on any atom is 0.225 e. The molecule has 1 aliphatic rings. The normalized spacial score (nSPS) is 14.6. The molecule has 25 heavy (non-hydrogen) atoms. The van der Waals surface area contributed by atoms with Crippen molar-refractivity contribution in [3.05, 3.63) is 54.6 Å². The summed E-state index contributed by atoms with van der Waals surface area (Å²) in [6.07, 6.45) is 7.27. The van der Waals surface area contributed by atoms with Crippen molar-refractivity contribution in [2.24, 2.45) is 0 Å². The third-order valence-corrected chi connectivity index (χ3v) is 4.26. The van der Waals surface area contributed by atoms with Gasteiger partial charge in [-0.15, -0.1) is 10.2 Å². The number of hydrogen-bond acceptors (Lipinski definition) is 7. The molecular weight excluding hydrogens is 314 g/mol. The summed E-state index contributed by atoms with van der Waals surface area (Å²) in [5, 5.41) is 8.73. The van der Waals surface area contributed by atoms with E-state index in [9.17, 15) is 0 Å². The predicted molar refractivity (Wildman–Crippen MR) is 96.5 cm³/mol. The van der Waals surface area contributed by atoms with Crippen LogP contribution in [0.5, 0.6) is 0 Å². The summed E-state index contributed by atoms with van der Waals surface area (Å²) in [6.45, 7) is 5.48. The molecule has 0 atom stereocenters. The molecule has 0 aliphatic carbocycles. The van der Waals surface area contributed by atoms with Crippen molar-refractivity contribution in [2.45, 2.75) is 6.92 Å². The van der Waals surface area contributed by atoms with Crippen molar-refractivity contribution in [3.8, 4) is 11.3 Å². The fraction of sp³-hybridized carbons (Fsp3) is 0.278. The summed E-state index contributed by atoms with van der Waals surface area (Å²) in [4.78, 5) is 17.4. The summed E-state index contributed by atoms with van der Waals surface area (Å²) < 4.78 is 0. The first kappa shape index (κ1) is 15.4. The summed E-state index contributed by atoms with van der Waals surface area (Å²) in [7, 11) is 0. The van der Waals surface area contributed by atoms with Crippen molar-refractivity contribution in [1.82, 2.24) is 25.1 Å². The summed E-state index contributed by atoms with van der Waals surface area (Å²) in [5.74, 6) is 1.69.